The summed E-state index contributed by atoms with van der Waals surface area (Å²) in [6, 6.07) is 23.7. The molecule has 164 valence electrons. The number of unbranched alkanes of at least 4 members (excludes halogenated alkanes) is 4. The molecule has 0 spiro atoms. The highest BCUT2D eigenvalue weighted by molar-refractivity contribution is 5.71. The molecule has 0 N–H and O–H groups in total. The van der Waals surface area contributed by atoms with Gasteiger partial charge in [0.15, 0.2) is 0 Å². The van der Waals surface area contributed by atoms with E-state index in [2.05, 4.69) is 87.5 Å². The van der Waals surface area contributed by atoms with Crippen LogP contribution < -0.4 is 9.47 Å². The van der Waals surface area contributed by atoms with Gasteiger partial charge in [-0.15, -0.1) is 0 Å². The van der Waals surface area contributed by atoms with E-state index >= 15 is 0 Å². The summed E-state index contributed by atoms with van der Waals surface area (Å²) in [5.41, 5.74) is 6.06. The topological polar surface area (TPSA) is 18.5 Å². The zero-order valence-electron chi connectivity index (χ0n) is 19.3. The molecular weight excluding hydrogens is 380 g/mol. The van der Waals surface area contributed by atoms with E-state index in [4.69, 9.17) is 9.47 Å². The minimum absolute atomic E-state index is 0.796. The molecule has 0 aromatic heterocycles. The van der Waals surface area contributed by atoms with Crippen LogP contribution >= 0.6 is 0 Å². The monoisotopic (exact) mass is 416 g/mol. The lowest BCUT2D eigenvalue weighted by atomic mass is 9.99. The zero-order chi connectivity index (χ0) is 21.9. The quantitative estimate of drug-likeness (QED) is 0.276. The number of ether oxygens (including phenoxy) is 2. The summed E-state index contributed by atoms with van der Waals surface area (Å²) in [4.78, 5) is 0. The highest BCUT2D eigenvalue weighted by Crippen LogP contribution is 2.29. The Hall–Kier alpha value is -2.74. The van der Waals surface area contributed by atoms with E-state index in [1.54, 1.807) is 0 Å². The second kappa shape index (κ2) is 12.2. The Balaban J connectivity index is 1.61. The fourth-order valence-electron chi connectivity index (χ4n) is 3.67. The van der Waals surface area contributed by atoms with Crippen LogP contribution in [-0.4, -0.2) is 13.2 Å². The third-order valence-electron chi connectivity index (χ3n) is 5.60. The number of hydrogen-bond donors (Lipinski definition) is 0. The van der Waals surface area contributed by atoms with Crippen molar-refractivity contribution in [2.75, 3.05) is 13.2 Å². The minimum atomic E-state index is 0.796. The predicted molar refractivity (Wildman–Crippen MR) is 132 cm³/mol. The Morgan fingerprint density at radius 1 is 0.548 bits per heavy atom. The van der Waals surface area contributed by atoms with Crippen LogP contribution in [0.3, 0.4) is 0 Å². The van der Waals surface area contributed by atoms with Crippen molar-refractivity contribution in [2.24, 2.45) is 0 Å². The van der Waals surface area contributed by atoms with Gasteiger partial charge in [0.05, 0.1) is 13.2 Å². The highest BCUT2D eigenvalue weighted by Gasteiger charge is 2.05. The lowest BCUT2D eigenvalue weighted by molar-refractivity contribution is 0.304. The summed E-state index contributed by atoms with van der Waals surface area (Å²) in [7, 11) is 0. The first-order chi connectivity index (χ1) is 15.2. The summed E-state index contributed by atoms with van der Waals surface area (Å²) >= 11 is 0. The Morgan fingerprint density at radius 2 is 1.03 bits per heavy atom. The molecule has 0 radical (unpaired) electrons. The Morgan fingerprint density at radius 3 is 1.58 bits per heavy atom. The van der Waals surface area contributed by atoms with E-state index < -0.39 is 0 Å². The molecule has 2 heteroatoms. The average molecular weight is 417 g/mol. The molecule has 0 aliphatic heterocycles. The third-order valence-corrected chi connectivity index (χ3v) is 5.60. The standard InChI is InChI=1S/C29H36O2/c1-4-6-8-20-30-28-17-14-25(15-18-28)24-10-12-26(13-11-24)27-16-19-29(23(3)22-27)31-21-9-7-5-2/h10-19,22H,4-9,20-21H2,1-3H3. The summed E-state index contributed by atoms with van der Waals surface area (Å²) in [6.07, 6.45) is 7.11. The van der Waals surface area contributed by atoms with E-state index in [-0.39, 0.29) is 0 Å². The van der Waals surface area contributed by atoms with E-state index in [1.807, 2.05) is 0 Å². The molecule has 3 rings (SSSR count). The van der Waals surface area contributed by atoms with Gasteiger partial charge in [0.1, 0.15) is 11.5 Å². The van der Waals surface area contributed by atoms with Gasteiger partial charge in [-0.25, -0.2) is 0 Å². The van der Waals surface area contributed by atoms with Gasteiger partial charge in [-0.3, -0.25) is 0 Å². The lowest BCUT2D eigenvalue weighted by Crippen LogP contribution is -1.98. The van der Waals surface area contributed by atoms with Crippen LogP contribution in [-0.2, 0) is 0 Å². The molecule has 3 aromatic carbocycles. The summed E-state index contributed by atoms with van der Waals surface area (Å²) in [5, 5.41) is 0. The molecule has 0 amide bonds. The smallest absolute Gasteiger partial charge is 0.122 e. The van der Waals surface area contributed by atoms with Gasteiger partial charge in [-0.1, -0.05) is 82.0 Å². The van der Waals surface area contributed by atoms with Gasteiger partial charge >= 0.3 is 0 Å². The maximum Gasteiger partial charge on any atom is 0.122 e. The highest BCUT2D eigenvalue weighted by atomic mass is 16.5. The van der Waals surface area contributed by atoms with Crippen LogP contribution in [0.1, 0.15) is 57.9 Å². The molecule has 0 unspecified atom stereocenters. The van der Waals surface area contributed by atoms with Gasteiger partial charge in [0.25, 0.3) is 0 Å². The van der Waals surface area contributed by atoms with E-state index in [0.29, 0.717) is 0 Å². The second-order valence-corrected chi connectivity index (χ2v) is 8.19. The molecule has 31 heavy (non-hydrogen) atoms. The van der Waals surface area contributed by atoms with Crippen molar-refractivity contribution in [1.82, 2.24) is 0 Å². The minimum Gasteiger partial charge on any atom is -0.494 e. The maximum absolute atomic E-state index is 5.94. The molecule has 0 aliphatic carbocycles. The number of benzene rings is 3. The fourth-order valence-corrected chi connectivity index (χ4v) is 3.67. The largest absolute Gasteiger partial charge is 0.494 e. The molecule has 2 nitrogen and oxygen atoms in total. The molecular formula is C29H36O2. The summed E-state index contributed by atoms with van der Waals surface area (Å²) in [5.74, 6) is 1.94. The summed E-state index contributed by atoms with van der Waals surface area (Å²) < 4.78 is 11.8. The van der Waals surface area contributed by atoms with Gasteiger partial charge < -0.3 is 9.47 Å². The van der Waals surface area contributed by atoms with Crippen molar-refractivity contribution in [3.63, 3.8) is 0 Å². The third kappa shape index (κ3) is 6.89. The SMILES string of the molecule is CCCCCOc1ccc(-c2ccc(-c3ccc(OCCCCC)c(C)c3)cc2)cc1. The van der Waals surface area contributed by atoms with Crippen LogP contribution in [0.25, 0.3) is 22.3 Å². The van der Waals surface area contributed by atoms with Crippen molar-refractivity contribution in [3.05, 3.63) is 72.3 Å². The van der Waals surface area contributed by atoms with E-state index in [1.165, 1.54) is 53.5 Å². The zero-order valence-corrected chi connectivity index (χ0v) is 19.3. The van der Waals surface area contributed by atoms with Crippen molar-refractivity contribution in [1.29, 1.82) is 0 Å². The van der Waals surface area contributed by atoms with Crippen LogP contribution in [0.5, 0.6) is 11.5 Å². The average Bonchev–Trinajstić information content (AvgIpc) is 2.81. The molecule has 0 heterocycles. The van der Waals surface area contributed by atoms with Crippen molar-refractivity contribution in [3.8, 4) is 33.8 Å². The van der Waals surface area contributed by atoms with E-state index in [9.17, 15) is 0 Å². The van der Waals surface area contributed by atoms with Crippen molar-refractivity contribution < 1.29 is 9.47 Å². The van der Waals surface area contributed by atoms with Crippen molar-refractivity contribution in [2.45, 2.75) is 59.3 Å². The molecule has 3 aromatic rings. The van der Waals surface area contributed by atoms with Gasteiger partial charge in [0.2, 0.25) is 0 Å². The number of aryl methyl sites for hydroxylation is 1. The summed E-state index contributed by atoms with van der Waals surface area (Å²) in [6.45, 7) is 8.14. The fraction of sp³-hybridized carbons (Fsp3) is 0.379. The lowest BCUT2D eigenvalue weighted by Gasteiger charge is -2.11. The molecule has 0 aliphatic rings. The molecule has 0 saturated carbocycles. The van der Waals surface area contributed by atoms with E-state index in [0.717, 1.165) is 37.6 Å². The maximum atomic E-state index is 5.94. The van der Waals surface area contributed by atoms with Crippen LogP contribution in [0.4, 0.5) is 0 Å². The van der Waals surface area contributed by atoms with Gasteiger partial charge in [0, 0.05) is 0 Å². The van der Waals surface area contributed by atoms with Crippen LogP contribution in [0, 0.1) is 6.92 Å². The van der Waals surface area contributed by atoms with Crippen molar-refractivity contribution >= 4 is 0 Å². The van der Waals surface area contributed by atoms with Crippen LogP contribution in [0.2, 0.25) is 0 Å². The predicted octanol–water partition coefficient (Wildman–Crippen LogP) is 8.47. The molecule has 0 fully saturated rings. The molecule has 0 atom stereocenters. The normalized spacial score (nSPS) is 10.8. The first-order valence-corrected chi connectivity index (χ1v) is 11.8. The first kappa shape index (κ1) is 22.9. The second-order valence-electron chi connectivity index (χ2n) is 8.19. The number of hydrogen-bond acceptors (Lipinski definition) is 2. The Labute approximate surface area is 188 Å². The Bertz CT molecular complexity index is 910. The van der Waals surface area contributed by atoms with Crippen LogP contribution in [0.15, 0.2) is 66.7 Å². The van der Waals surface area contributed by atoms with Gasteiger partial charge in [-0.2, -0.15) is 0 Å². The molecule has 0 saturated heterocycles. The van der Waals surface area contributed by atoms with Gasteiger partial charge in [-0.05, 0) is 71.8 Å². The Kier molecular flexibility index (Phi) is 9.02. The molecule has 0 bridgehead atoms. The first-order valence-electron chi connectivity index (χ1n) is 11.8. The number of rotatable bonds is 12.